The first-order chi connectivity index (χ1) is 7.43. The number of phenols is 1. The monoisotopic (exact) mass is 230 g/mol. The van der Waals surface area contributed by atoms with Gasteiger partial charge >= 0.3 is 6.18 Å². The molecule has 0 atom stereocenters. The molecule has 4 heteroatoms. The van der Waals surface area contributed by atoms with Crippen LogP contribution in [0, 0.1) is 0 Å². The van der Waals surface area contributed by atoms with Crippen LogP contribution in [0.5, 0.6) is 5.75 Å². The summed E-state index contributed by atoms with van der Waals surface area (Å²) < 4.78 is 38.8. The van der Waals surface area contributed by atoms with Crippen molar-refractivity contribution in [2.75, 3.05) is 0 Å². The number of hydrogen-bond acceptors (Lipinski definition) is 1. The molecule has 1 aromatic rings. The van der Waals surface area contributed by atoms with Gasteiger partial charge < -0.3 is 5.11 Å². The lowest BCUT2D eigenvalue weighted by Crippen LogP contribution is -2.12. The van der Waals surface area contributed by atoms with Gasteiger partial charge in [-0.15, -0.1) is 0 Å². The summed E-state index contributed by atoms with van der Waals surface area (Å²) in [5, 5.41) is 9.42. The predicted molar refractivity (Wildman–Crippen MR) is 54.5 cm³/mol. The molecule has 0 amide bonds. The molecule has 1 nitrogen and oxygen atoms in total. The highest BCUT2D eigenvalue weighted by atomic mass is 19.4. The Morgan fingerprint density at radius 2 is 1.94 bits per heavy atom. The number of halogens is 3. The van der Waals surface area contributed by atoms with Gasteiger partial charge in [-0.1, -0.05) is 6.92 Å². The van der Waals surface area contributed by atoms with Gasteiger partial charge in [0.05, 0.1) is 5.56 Å². The summed E-state index contributed by atoms with van der Waals surface area (Å²) in [5.41, 5.74) is -0.0750. The van der Waals surface area contributed by atoms with Crippen molar-refractivity contribution in [1.29, 1.82) is 0 Å². The minimum atomic E-state index is -4.32. The molecule has 0 radical (unpaired) electrons. The van der Waals surface area contributed by atoms with Crippen LogP contribution >= 0.6 is 0 Å². The average molecular weight is 230 g/mol. The van der Waals surface area contributed by atoms with Crippen LogP contribution in [-0.4, -0.2) is 5.11 Å². The molecule has 0 saturated heterocycles. The first-order valence-electron chi connectivity index (χ1n) is 5.36. The van der Waals surface area contributed by atoms with Crippen molar-refractivity contribution in [2.24, 2.45) is 0 Å². The van der Waals surface area contributed by atoms with E-state index >= 15 is 0 Å². The summed E-state index contributed by atoms with van der Waals surface area (Å²) in [6, 6.07) is 2.48. The van der Waals surface area contributed by atoms with Crippen LogP contribution in [0.1, 0.15) is 42.4 Å². The van der Waals surface area contributed by atoms with E-state index in [0.29, 0.717) is 0 Å². The molecular weight excluding hydrogens is 217 g/mol. The van der Waals surface area contributed by atoms with Gasteiger partial charge in [-0.2, -0.15) is 13.2 Å². The van der Waals surface area contributed by atoms with Crippen LogP contribution in [0.15, 0.2) is 12.1 Å². The molecule has 1 aliphatic carbocycles. The van der Waals surface area contributed by atoms with Crippen molar-refractivity contribution in [2.45, 2.75) is 38.3 Å². The molecule has 0 aliphatic heterocycles. The molecule has 1 saturated carbocycles. The molecule has 88 valence electrons. The van der Waals surface area contributed by atoms with E-state index in [1.54, 1.807) is 6.92 Å². The van der Waals surface area contributed by atoms with Gasteiger partial charge in [0, 0.05) is 0 Å². The molecule has 0 unspecified atom stereocenters. The van der Waals surface area contributed by atoms with Crippen molar-refractivity contribution in [3.63, 3.8) is 0 Å². The SMILES string of the molecule is CCc1cc(O)cc(C2CC2)c1C(F)(F)F. The van der Waals surface area contributed by atoms with E-state index in [0.717, 1.165) is 12.8 Å². The summed E-state index contributed by atoms with van der Waals surface area (Å²) in [4.78, 5) is 0. The van der Waals surface area contributed by atoms with Crippen molar-refractivity contribution in [3.8, 4) is 5.75 Å². The van der Waals surface area contributed by atoms with Crippen LogP contribution in [0.3, 0.4) is 0 Å². The minimum absolute atomic E-state index is 0.0194. The average Bonchev–Trinajstić information content (AvgIpc) is 2.97. The Morgan fingerprint density at radius 3 is 2.38 bits per heavy atom. The van der Waals surface area contributed by atoms with E-state index in [1.165, 1.54) is 12.1 Å². The van der Waals surface area contributed by atoms with Crippen LogP contribution in [0.2, 0.25) is 0 Å². The van der Waals surface area contributed by atoms with E-state index in [-0.39, 0.29) is 29.2 Å². The minimum Gasteiger partial charge on any atom is -0.508 e. The number of phenolic OH excluding ortho intramolecular Hbond substituents is 1. The smallest absolute Gasteiger partial charge is 0.416 e. The Bertz CT molecular complexity index is 405. The van der Waals surface area contributed by atoms with Crippen molar-refractivity contribution in [1.82, 2.24) is 0 Å². The largest absolute Gasteiger partial charge is 0.508 e. The van der Waals surface area contributed by atoms with Gasteiger partial charge in [0.25, 0.3) is 0 Å². The first-order valence-corrected chi connectivity index (χ1v) is 5.36. The van der Waals surface area contributed by atoms with Crippen LogP contribution in [0.25, 0.3) is 0 Å². The van der Waals surface area contributed by atoms with E-state index in [9.17, 15) is 18.3 Å². The van der Waals surface area contributed by atoms with E-state index in [4.69, 9.17) is 0 Å². The van der Waals surface area contributed by atoms with Crippen LogP contribution in [0.4, 0.5) is 13.2 Å². The lowest BCUT2D eigenvalue weighted by atomic mass is 9.95. The zero-order valence-electron chi connectivity index (χ0n) is 8.93. The third kappa shape index (κ3) is 2.01. The van der Waals surface area contributed by atoms with Gasteiger partial charge in [-0.05, 0) is 48.4 Å². The fraction of sp³-hybridized carbons (Fsp3) is 0.500. The van der Waals surface area contributed by atoms with E-state index < -0.39 is 11.7 Å². The molecule has 0 aromatic heterocycles. The summed E-state index contributed by atoms with van der Waals surface area (Å²) in [6.07, 6.45) is -2.47. The molecule has 1 aliphatic rings. The highest BCUT2D eigenvalue weighted by molar-refractivity contribution is 5.46. The summed E-state index contributed by atoms with van der Waals surface area (Å²) in [5.74, 6) is -0.0826. The molecule has 0 heterocycles. The molecule has 16 heavy (non-hydrogen) atoms. The summed E-state index contributed by atoms with van der Waals surface area (Å²) in [6.45, 7) is 1.67. The highest BCUT2D eigenvalue weighted by Crippen LogP contribution is 2.48. The van der Waals surface area contributed by atoms with Gasteiger partial charge in [-0.3, -0.25) is 0 Å². The van der Waals surface area contributed by atoms with Crippen molar-refractivity contribution < 1.29 is 18.3 Å². The topological polar surface area (TPSA) is 20.2 Å². The third-order valence-electron chi connectivity index (χ3n) is 2.92. The molecular formula is C12H13F3O. The Labute approximate surface area is 91.9 Å². The molecule has 1 N–H and O–H groups in total. The Morgan fingerprint density at radius 1 is 1.31 bits per heavy atom. The fourth-order valence-corrected chi connectivity index (χ4v) is 2.05. The van der Waals surface area contributed by atoms with Gasteiger partial charge in [0.15, 0.2) is 0 Å². The Hall–Kier alpha value is -1.19. The van der Waals surface area contributed by atoms with Crippen LogP contribution in [-0.2, 0) is 12.6 Å². The number of aryl methyl sites for hydroxylation is 1. The summed E-state index contributed by atoms with van der Waals surface area (Å²) >= 11 is 0. The number of alkyl halides is 3. The number of benzene rings is 1. The lowest BCUT2D eigenvalue weighted by molar-refractivity contribution is -0.138. The van der Waals surface area contributed by atoms with Gasteiger partial charge in [0.2, 0.25) is 0 Å². The quantitative estimate of drug-likeness (QED) is 0.818. The number of hydrogen-bond donors (Lipinski definition) is 1. The Kier molecular flexibility index (Phi) is 2.60. The number of rotatable bonds is 2. The van der Waals surface area contributed by atoms with Gasteiger partial charge in [-0.25, -0.2) is 0 Å². The molecule has 0 bridgehead atoms. The maximum Gasteiger partial charge on any atom is 0.416 e. The fourth-order valence-electron chi connectivity index (χ4n) is 2.05. The van der Waals surface area contributed by atoms with Crippen molar-refractivity contribution in [3.05, 3.63) is 28.8 Å². The maximum atomic E-state index is 12.9. The molecule has 1 fully saturated rings. The normalized spacial score (nSPS) is 16.5. The zero-order chi connectivity index (χ0) is 11.9. The van der Waals surface area contributed by atoms with Crippen LogP contribution < -0.4 is 0 Å². The van der Waals surface area contributed by atoms with E-state index in [1.807, 2.05) is 0 Å². The number of aromatic hydroxyl groups is 1. The predicted octanol–water partition coefficient (Wildman–Crippen LogP) is 3.85. The third-order valence-corrected chi connectivity index (χ3v) is 2.92. The summed E-state index contributed by atoms with van der Waals surface area (Å²) in [7, 11) is 0. The van der Waals surface area contributed by atoms with Gasteiger partial charge in [0.1, 0.15) is 5.75 Å². The molecule has 2 rings (SSSR count). The second-order valence-corrected chi connectivity index (χ2v) is 4.19. The van der Waals surface area contributed by atoms with E-state index in [2.05, 4.69) is 0 Å². The standard InChI is InChI=1S/C12H13F3O/c1-2-7-5-9(16)6-10(8-3-4-8)11(7)12(13,14)15/h5-6,8,16H,2-4H2,1H3. The Balaban J connectivity index is 2.60. The lowest BCUT2D eigenvalue weighted by Gasteiger charge is -2.17. The molecule has 0 spiro atoms. The van der Waals surface area contributed by atoms with Crippen molar-refractivity contribution >= 4 is 0 Å². The first kappa shape index (κ1) is 11.3. The second-order valence-electron chi connectivity index (χ2n) is 4.19. The maximum absolute atomic E-state index is 12.9. The second kappa shape index (κ2) is 3.68. The highest BCUT2D eigenvalue weighted by Gasteiger charge is 2.40. The molecule has 1 aromatic carbocycles. The zero-order valence-corrected chi connectivity index (χ0v) is 8.93.